The van der Waals surface area contributed by atoms with Gasteiger partial charge < -0.3 is 43.5 Å². The van der Waals surface area contributed by atoms with E-state index >= 15 is 0 Å². The van der Waals surface area contributed by atoms with Crippen LogP contribution in [-0.4, -0.2) is 133 Å². The molecule has 1 saturated carbocycles. The summed E-state index contributed by atoms with van der Waals surface area (Å²) in [5.74, 6) is -7.80. The molecular weight excluding hydrogens is 847 g/mol. The molecule has 3 heterocycles. The van der Waals surface area contributed by atoms with Gasteiger partial charge in [-0.2, -0.15) is 0 Å². The Morgan fingerprint density at radius 1 is 0.879 bits per heavy atom. The van der Waals surface area contributed by atoms with Gasteiger partial charge in [0, 0.05) is 57.6 Å². The summed E-state index contributed by atoms with van der Waals surface area (Å²) in [5, 5.41) is 24.0. The molecular formula is C52H77NO13. The van der Waals surface area contributed by atoms with E-state index in [0.717, 1.165) is 11.1 Å². The van der Waals surface area contributed by atoms with Gasteiger partial charge in [-0.3, -0.25) is 19.2 Å². The quantitative estimate of drug-likeness (QED) is 0.110. The fourth-order valence-corrected chi connectivity index (χ4v) is 10.6. The number of aryl methyl sites for hydroxylation is 1. The second-order valence-electron chi connectivity index (χ2n) is 19.7. The lowest BCUT2D eigenvalue weighted by Gasteiger charge is -2.47. The third-order valence-corrected chi connectivity index (χ3v) is 14.7. The van der Waals surface area contributed by atoms with Crippen molar-refractivity contribution in [2.24, 2.45) is 29.6 Å². The molecule has 2 N–H and O–H groups in total. The number of Topliss-reactive ketones (excluding diaryl/α,β-unsaturated/α-hetero) is 3. The summed E-state index contributed by atoms with van der Waals surface area (Å²) in [6.07, 6.45) is 3.89. The number of nitrogens with zero attached hydrogens (tertiary/aromatic N) is 1. The monoisotopic (exact) mass is 924 g/mol. The van der Waals surface area contributed by atoms with Crippen molar-refractivity contribution in [1.29, 1.82) is 0 Å². The van der Waals surface area contributed by atoms with Crippen LogP contribution in [0.1, 0.15) is 128 Å². The first kappa shape index (κ1) is 53.3. The zero-order chi connectivity index (χ0) is 48.5. The summed E-state index contributed by atoms with van der Waals surface area (Å²) >= 11 is 0. The maximum atomic E-state index is 14.5. The zero-order valence-electron chi connectivity index (χ0n) is 41.0. The molecule has 0 spiro atoms. The van der Waals surface area contributed by atoms with Crippen molar-refractivity contribution in [2.45, 2.75) is 174 Å². The van der Waals surface area contributed by atoms with Crippen LogP contribution >= 0.6 is 0 Å². The number of carbonyl (C=O) groups excluding carboxylic acids is 5. The molecule has 3 aliphatic heterocycles. The lowest BCUT2D eigenvalue weighted by molar-refractivity contribution is -0.302. The van der Waals surface area contributed by atoms with Crippen molar-refractivity contribution >= 4 is 29.2 Å². The second kappa shape index (κ2) is 24.1. The average Bonchev–Trinajstić information content (AvgIpc) is 3.30. The van der Waals surface area contributed by atoms with Crippen molar-refractivity contribution in [3.05, 3.63) is 58.7 Å². The molecule has 1 aliphatic carbocycles. The smallest absolute Gasteiger partial charge is 0.329 e. The zero-order valence-corrected chi connectivity index (χ0v) is 41.0. The van der Waals surface area contributed by atoms with Gasteiger partial charge in [0.1, 0.15) is 30.6 Å². The number of methoxy groups -OCH3 is 3. The standard InChI is InChI=1S/C52H77NO13/c1-11-37-23-31(3)22-32(4)24-45(62-9)48-46(63-10)26-34(6)52(60,66-48)49(57)50(58)53-21-13-12-14-39(53)51(59)65-47(35(7)40(54)28-41(37)55)33(5)25-36-17-20-43(44(27-36)61-8)64-29-42(56)38-18-15-30(2)16-19-38/h15-16,18-19,23,25,32,34-37,39-40,43-48,54,60H,11-14,17,20-22,24,26-29H2,1-10H3/b31-23+,33-25?. The molecule has 2 bridgehead atoms. The Morgan fingerprint density at radius 2 is 1.55 bits per heavy atom. The predicted molar refractivity (Wildman–Crippen MR) is 247 cm³/mol. The number of ketones is 3. The van der Waals surface area contributed by atoms with Gasteiger partial charge >= 0.3 is 5.97 Å². The number of benzene rings is 1. The minimum Gasteiger partial charge on any atom is -0.456 e. The lowest BCUT2D eigenvalue weighted by Crippen LogP contribution is -2.64. The van der Waals surface area contributed by atoms with Gasteiger partial charge in [-0.25, -0.2) is 4.79 Å². The maximum absolute atomic E-state index is 14.5. The SMILES string of the molecule is CCC1/C=C(\C)CC(C)CC(OC)C2OC(O)(C(=O)C(=O)N3CCCCC3C(=O)OC(C(C)=CC3CCC(OCC(=O)c4ccc(C)cc4)C(OC)C3)C(C)C(O)CC1=O)C(C)CC2OC. The van der Waals surface area contributed by atoms with Crippen molar-refractivity contribution in [2.75, 3.05) is 34.5 Å². The van der Waals surface area contributed by atoms with Crippen LogP contribution in [0.2, 0.25) is 0 Å². The number of rotatable bonds is 10. The average molecular weight is 924 g/mol. The summed E-state index contributed by atoms with van der Waals surface area (Å²) in [4.78, 5) is 71.3. The first-order valence-electron chi connectivity index (χ1n) is 24.2. The van der Waals surface area contributed by atoms with Crippen LogP contribution in [0.4, 0.5) is 0 Å². The van der Waals surface area contributed by atoms with Crippen molar-refractivity contribution in [3.63, 3.8) is 0 Å². The molecule has 1 amide bonds. The van der Waals surface area contributed by atoms with E-state index in [1.807, 2.05) is 52.0 Å². The summed E-state index contributed by atoms with van der Waals surface area (Å²) in [6, 6.07) is 6.22. The van der Waals surface area contributed by atoms with Crippen LogP contribution in [0.15, 0.2) is 47.6 Å². The van der Waals surface area contributed by atoms with Crippen LogP contribution in [0, 0.1) is 36.5 Å². The number of carbonyl (C=O) groups is 5. The van der Waals surface area contributed by atoms with E-state index in [1.54, 1.807) is 33.1 Å². The fraction of sp³-hybridized carbons (Fsp3) is 0.712. The Labute approximate surface area is 392 Å². The molecule has 14 unspecified atom stereocenters. The lowest BCUT2D eigenvalue weighted by atomic mass is 9.81. The normalized spacial score (nSPS) is 37.0. The number of hydrogen-bond donors (Lipinski definition) is 2. The van der Waals surface area contributed by atoms with E-state index in [-0.39, 0.29) is 68.0 Å². The third-order valence-electron chi connectivity index (χ3n) is 14.7. The number of aliphatic hydroxyl groups is 2. The van der Waals surface area contributed by atoms with Crippen LogP contribution < -0.4 is 0 Å². The van der Waals surface area contributed by atoms with E-state index in [0.29, 0.717) is 62.5 Å². The van der Waals surface area contributed by atoms with Gasteiger partial charge in [0.15, 0.2) is 5.78 Å². The van der Waals surface area contributed by atoms with E-state index in [2.05, 4.69) is 6.92 Å². The number of hydrogen-bond acceptors (Lipinski definition) is 13. The summed E-state index contributed by atoms with van der Waals surface area (Å²) in [5.41, 5.74) is 3.28. The molecule has 3 fully saturated rings. The largest absolute Gasteiger partial charge is 0.456 e. The third kappa shape index (κ3) is 12.9. The summed E-state index contributed by atoms with van der Waals surface area (Å²) < 4.78 is 36.4. The molecule has 368 valence electrons. The minimum absolute atomic E-state index is 0.0206. The highest BCUT2D eigenvalue weighted by molar-refractivity contribution is 6.39. The predicted octanol–water partition coefficient (Wildman–Crippen LogP) is 6.69. The van der Waals surface area contributed by atoms with Gasteiger partial charge in [-0.15, -0.1) is 0 Å². The Kier molecular flexibility index (Phi) is 19.5. The van der Waals surface area contributed by atoms with Gasteiger partial charge in [0.2, 0.25) is 5.79 Å². The molecule has 14 atom stereocenters. The molecule has 1 aromatic rings. The first-order valence-corrected chi connectivity index (χ1v) is 24.2. The molecule has 4 aliphatic rings. The van der Waals surface area contributed by atoms with E-state index < -0.39 is 77.8 Å². The number of cyclic esters (lactones) is 1. The Bertz CT molecular complexity index is 1900. The molecule has 2 saturated heterocycles. The first-order chi connectivity index (χ1) is 31.3. The highest BCUT2D eigenvalue weighted by Crippen LogP contribution is 2.39. The highest BCUT2D eigenvalue weighted by Gasteiger charge is 2.56. The van der Waals surface area contributed by atoms with Crippen LogP contribution in [0.25, 0.3) is 0 Å². The molecule has 66 heavy (non-hydrogen) atoms. The molecule has 1 aromatic carbocycles. The summed E-state index contributed by atoms with van der Waals surface area (Å²) in [7, 11) is 4.68. The van der Waals surface area contributed by atoms with Crippen LogP contribution in [0.3, 0.4) is 0 Å². The van der Waals surface area contributed by atoms with Crippen molar-refractivity contribution in [1.82, 2.24) is 4.90 Å². The Hall–Kier alpha value is -3.63. The number of esters is 1. The molecule has 14 heteroatoms. The highest BCUT2D eigenvalue weighted by atomic mass is 16.7. The second-order valence-corrected chi connectivity index (χ2v) is 19.7. The van der Waals surface area contributed by atoms with E-state index in [4.69, 9.17) is 28.4 Å². The molecule has 0 aromatic heterocycles. The number of amides is 1. The Morgan fingerprint density at radius 3 is 2.20 bits per heavy atom. The van der Waals surface area contributed by atoms with Crippen molar-refractivity contribution in [3.8, 4) is 0 Å². The van der Waals surface area contributed by atoms with E-state index in [9.17, 15) is 34.2 Å². The van der Waals surface area contributed by atoms with Crippen LogP contribution in [-0.2, 0) is 47.6 Å². The Balaban J connectivity index is 1.45. The van der Waals surface area contributed by atoms with Gasteiger partial charge in [0.25, 0.3) is 11.7 Å². The van der Waals surface area contributed by atoms with Gasteiger partial charge in [-0.05, 0) is 102 Å². The molecule has 5 rings (SSSR count). The number of allylic oxidation sites excluding steroid dienone is 3. The number of ether oxygens (including phenoxy) is 6. The molecule has 14 nitrogen and oxygen atoms in total. The minimum atomic E-state index is -2.52. The van der Waals surface area contributed by atoms with E-state index in [1.165, 1.54) is 19.1 Å². The van der Waals surface area contributed by atoms with Crippen molar-refractivity contribution < 1.29 is 62.6 Å². The summed E-state index contributed by atoms with van der Waals surface area (Å²) in [6.45, 7) is 13.1. The molecule has 0 radical (unpaired) electrons. The topological polar surface area (TPSA) is 184 Å². The van der Waals surface area contributed by atoms with Gasteiger partial charge in [0.05, 0.1) is 30.5 Å². The maximum Gasteiger partial charge on any atom is 0.329 e. The number of piperidine rings is 1. The van der Waals surface area contributed by atoms with Crippen LogP contribution in [0.5, 0.6) is 0 Å². The van der Waals surface area contributed by atoms with Gasteiger partial charge in [-0.1, -0.05) is 75.2 Å². The number of fused-ring (bicyclic) bond motifs is 3. The number of aliphatic hydroxyl groups excluding tert-OH is 1. The fourth-order valence-electron chi connectivity index (χ4n) is 10.6.